The fraction of sp³-hybridized carbons (Fsp3) is 0.667. The quantitative estimate of drug-likeness (QED) is 0.230. The van der Waals surface area contributed by atoms with Gasteiger partial charge in [-0.15, -0.1) is 0 Å². The third-order valence-corrected chi connectivity index (χ3v) is 12.1. The van der Waals surface area contributed by atoms with Crippen LogP contribution >= 0.6 is 0 Å². The summed E-state index contributed by atoms with van der Waals surface area (Å²) in [7, 11) is -2.75. The van der Waals surface area contributed by atoms with Crippen LogP contribution in [0.1, 0.15) is 105 Å². The van der Waals surface area contributed by atoms with E-state index in [2.05, 4.69) is 9.71 Å². The Labute approximate surface area is 312 Å². The number of ether oxygens (including phenoxy) is 3. The van der Waals surface area contributed by atoms with Gasteiger partial charge >= 0.3 is 16.3 Å². The largest absolute Gasteiger partial charge is 0.497 e. The standard InChI is InChI=1S/C39H53N3O10S/c1-6-26-21-39(26,37(46)41-53(47,48)52-27-12-13-27)22-33(43)32-19-29(50-35-30-15-14-28(49-5)18-25(30)16-17-40-35)23-42(32)36(45)31(24-10-8-7-9-11-24)20-34(44)51-38(2,3)4/h14-18,24,26-27,29,31-32H,6-13,19-23H2,1-5H3,(H,41,46)/t26-,29?,31+,32+,39-/m1/s1. The first kappa shape index (κ1) is 38.9. The molecule has 290 valence electrons. The zero-order valence-electron chi connectivity index (χ0n) is 31.4. The van der Waals surface area contributed by atoms with Crippen molar-refractivity contribution in [3.05, 3.63) is 30.5 Å². The predicted molar refractivity (Wildman–Crippen MR) is 195 cm³/mol. The SMILES string of the molecule is CC[C@@H]1C[C@]1(CC(=O)[C@@H]1CC(Oc2nccc3cc(OC)ccc23)CN1C(=O)[C@@H](CC(=O)OC(C)(C)C)C1CCCCC1)C(=O)NS(=O)(=O)OC1CC1. The number of nitrogens with one attached hydrogen (secondary N) is 1. The van der Waals surface area contributed by atoms with Crippen molar-refractivity contribution in [2.75, 3.05) is 13.7 Å². The number of methoxy groups -OCH3 is 1. The van der Waals surface area contributed by atoms with Crippen molar-refractivity contribution in [3.63, 3.8) is 0 Å². The summed E-state index contributed by atoms with van der Waals surface area (Å²) < 4.78 is 49.9. The Morgan fingerprint density at radius 1 is 1.04 bits per heavy atom. The number of amides is 2. The number of carbonyl (C=O) groups excluding carboxylic acids is 4. The van der Waals surface area contributed by atoms with Crippen LogP contribution in [0, 0.1) is 23.2 Å². The number of hydrogen-bond donors (Lipinski definition) is 1. The van der Waals surface area contributed by atoms with E-state index in [1.807, 2.05) is 25.1 Å². The van der Waals surface area contributed by atoms with E-state index in [4.69, 9.17) is 18.4 Å². The minimum absolute atomic E-state index is 0.0594. The lowest BCUT2D eigenvalue weighted by Gasteiger charge is -2.34. The van der Waals surface area contributed by atoms with Gasteiger partial charge in [-0.25, -0.2) is 9.71 Å². The minimum Gasteiger partial charge on any atom is -0.497 e. The molecule has 2 heterocycles. The summed E-state index contributed by atoms with van der Waals surface area (Å²) in [6, 6.07) is 6.39. The fourth-order valence-electron chi connectivity index (χ4n) is 8.21. The number of Topliss-reactive ketones (excluding diaryl/α,β-unsaturated/α-hetero) is 1. The number of aromatic nitrogens is 1. The molecule has 5 atom stereocenters. The van der Waals surface area contributed by atoms with E-state index in [9.17, 15) is 27.6 Å². The number of ketones is 1. The summed E-state index contributed by atoms with van der Waals surface area (Å²) in [6.07, 6.45) is 6.96. The number of benzene rings is 1. The maximum atomic E-state index is 14.8. The van der Waals surface area contributed by atoms with Gasteiger partial charge in [-0.05, 0) is 94.4 Å². The fourth-order valence-corrected chi connectivity index (χ4v) is 9.24. The number of esters is 1. The second-order valence-corrected chi connectivity index (χ2v) is 17.6. The van der Waals surface area contributed by atoms with Crippen molar-refractivity contribution < 1.29 is 46.0 Å². The highest BCUT2D eigenvalue weighted by molar-refractivity contribution is 7.85. The van der Waals surface area contributed by atoms with Crippen molar-refractivity contribution in [1.82, 2.24) is 14.6 Å². The van der Waals surface area contributed by atoms with Gasteiger partial charge in [0, 0.05) is 24.4 Å². The van der Waals surface area contributed by atoms with Crippen molar-refractivity contribution in [2.24, 2.45) is 23.2 Å². The van der Waals surface area contributed by atoms with E-state index >= 15 is 0 Å². The number of hydrogen-bond acceptors (Lipinski definition) is 11. The molecule has 1 N–H and O–H groups in total. The van der Waals surface area contributed by atoms with Crippen LogP contribution in [-0.4, -0.2) is 79.4 Å². The average molecular weight is 756 g/mol. The number of carbonyl (C=O) groups is 4. The topological polar surface area (TPSA) is 168 Å². The molecule has 0 bridgehead atoms. The Bertz CT molecular complexity index is 1820. The third-order valence-electron chi connectivity index (χ3n) is 11.1. The minimum atomic E-state index is -4.34. The van der Waals surface area contributed by atoms with Gasteiger partial charge in [0.1, 0.15) is 17.5 Å². The lowest BCUT2D eigenvalue weighted by Crippen LogP contribution is -2.48. The lowest BCUT2D eigenvalue weighted by molar-refractivity contribution is -0.160. The molecule has 13 nitrogen and oxygen atoms in total. The van der Waals surface area contributed by atoms with Gasteiger partial charge in [0.05, 0.1) is 43.6 Å². The molecule has 1 unspecified atom stereocenters. The van der Waals surface area contributed by atoms with Crippen molar-refractivity contribution >= 4 is 44.6 Å². The summed E-state index contributed by atoms with van der Waals surface area (Å²) in [6.45, 7) is 7.32. The summed E-state index contributed by atoms with van der Waals surface area (Å²) in [4.78, 5) is 62.1. The molecule has 2 aromatic rings. The molecule has 0 spiro atoms. The van der Waals surface area contributed by atoms with Crippen molar-refractivity contribution in [3.8, 4) is 11.6 Å². The molecule has 1 saturated heterocycles. The van der Waals surface area contributed by atoms with Gasteiger partial charge in [0.2, 0.25) is 17.7 Å². The van der Waals surface area contributed by atoms with Crippen LogP contribution in [0.2, 0.25) is 0 Å². The third kappa shape index (κ3) is 9.30. The van der Waals surface area contributed by atoms with Crippen LogP contribution in [0.15, 0.2) is 30.5 Å². The molecular weight excluding hydrogens is 703 g/mol. The average Bonchev–Trinajstić information content (AvgIpc) is 4.02. The molecule has 1 aromatic carbocycles. The maximum absolute atomic E-state index is 14.8. The Hall–Kier alpha value is -3.78. The van der Waals surface area contributed by atoms with Gasteiger partial charge in [-0.1, -0.05) is 32.6 Å². The van der Waals surface area contributed by atoms with Crippen LogP contribution in [0.3, 0.4) is 0 Å². The number of likely N-dealkylation sites (tertiary alicyclic amines) is 1. The number of nitrogens with zero attached hydrogens (tertiary/aromatic N) is 2. The Kier molecular flexibility index (Phi) is 11.4. The number of rotatable bonds is 15. The molecule has 1 aliphatic heterocycles. The smallest absolute Gasteiger partial charge is 0.362 e. The molecular formula is C39H53N3O10S. The molecule has 6 rings (SSSR count). The second kappa shape index (κ2) is 15.5. The second-order valence-electron chi connectivity index (χ2n) is 16.3. The first-order chi connectivity index (χ1) is 25.1. The maximum Gasteiger partial charge on any atom is 0.362 e. The molecule has 3 aliphatic carbocycles. The molecule has 53 heavy (non-hydrogen) atoms. The zero-order chi connectivity index (χ0) is 38.1. The van der Waals surface area contributed by atoms with Gasteiger partial charge in [0.25, 0.3) is 0 Å². The van der Waals surface area contributed by atoms with Gasteiger partial charge in [0.15, 0.2) is 5.78 Å². The highest BCUT2D eigenvalue weighted by atomic mass is 32.2. The molecule has 4 fully saturated rings. The summed E-state index contributed by atoms with van der Waals surface area (Å²) >= 11 is 0. The van der Waals surface area contributed by atoms with E-state index in [1.54, 1.807) is 40.1 Å². The number of pyridine rings is 1. The lowest BCUT2D eigenvalue weighted by atomic mass is 9.77. The van der Waals surface area contributed by atoms with Gasteiger partial charge < -0.3 is 19.1 Å². The molecule has 4 aliphatic rings. The molecule has 2 amide bonds. The molecule has 3 saturated carbocycles. The number of fused-ring (bicyclic) bond motifs is 1. The van der Waals surface area contributed by atoms with E-state index in [-0.39, 0.29) is 49.3 Å². The predicted octanol–water partition coefficient (Wildman–Crippen LogP) is 5.44. The summed E-state index contributed by atoms with van der Waals surface area (Å²) in [5.41, 5.74) is -1.97. The van der Waals surface area contributed by atoms with E-state index in [0.717, 1.165) is 42.9 Å². The van der Waals surface area contributed by atoms with Gasteiger partial charge in [-0.3, -0.25) is 23.4 Å². The highest BCUT2D eigenvalue weighted by Crippen LogP contribution is 2.58. The highest BCUT2D eigenvalue weighted by Gasteiger charge is 2.61. The van der Waals surface area contributed by atoms with Crippen LogP contribution in [0.4, 0.5) is 0 Å². The Morgan fingerprint density at radius 3 is 2.42 bits per heavy atom. The van der Waals surface area contributed by atoms with Crippen molar-refractivity contribution in [2.45, 2.75) is 129 Å². The Balaban J connectivity index is 1.28. The van der Waals surface area contributed by atoms with E-state index < -0.39 is 57.4 Å². The van der Waals surface area contributed by atoms with E-state index in [0.29, 0.717) is 37.3 Å². The summed E-state index contributed by atoms with van der Waals surface area (Å²) in [5, 5.41) is 1.58. The summed E-state index contributed by atoms with van der Waals surface area (Å²) in [5.74, 6) is -1.85. The molecule has 0 radical (unpaired) electrons. The zero-order valence-corrected chi connectivity index (χ0v) is 32.2. The van der Waals surface area contributed by atoms with Gasteiger partial charge in [-0.2, -0.15) is 8.42 Å². The normalized spacial score (nSPS) is 25.5. The molecule has 14 heteroatoms. The first-order valence-electron chi connectivity index (χ1n) is 19.0. The van der Waals surface area contributed by atoms with Crippen LogP contribution in [-0.2, 0) is 38.4 Å². The van der Waals surface area contributed by atoms with Crippen LogP contribution < -0.4 is 14.2 Å². The van der Waals surface area contributed by atoms with E-state index in [1.165, 1.54) is 4.90 Å². The van der Waals surface area contributed by atoms with Crippen molar-refractivity contribution in [1.29, 1.82) is 0 Å². The Morgan fingerprint density at radius 2 is 1.77 bits per heavy atom. The first-order valence-corrected chi connectivity index (χ1v) is 20.4. The molecule has 1 aromatic heterocycles. The van der Waals surface area contributed by atoms with Crippen LogP contribution in [0.25, 0.3) is 10.8 Å². The monoisotopic (exact) mass is 755 g/mol. The van der Waals surface area contributed by atoms with Crippen LogP contribution in [0.5, 0.6) is 11.6 Å².